The highest BCUT2D eigenvalue weighted by Crippen LogP contribution is 2.27. The largest absolute Gasteiger partial charge is 0.355 e. The molecule has 0 amide bonds. The van der Waals surface area contributed by atoms with Gasteiger partial charge in [-0.25, -0.2) is 9.97 Å². The Morgan fingerprint density at radius 3 is 2.73 bits per heavy atom. The van der Waals surface area contributed by atoms with Crippen LogP contribution in [0.4, 0.5) is 5.82 Å². The lowest BCUT2D eigenvalue weighted by Gasteiger charge is -2.19. The predicted octanol–water partition coefficient (Wildman–Crippen LogP) is 3.46. The lowest BCUT2D eigenvalue weighted by molar-refractivity contribution is 0.750. The summed E-state index contributed by atoms with van der Waals surface area (Å²) in [5.41, 5.74) is 8.01. The lowest BCUT2D eigenvalue weighted by atomic mass is 10.1. The molecule has 22 heavy (non-hydrogen) atoms. The van der Waals surface area contributed by atoms with Crippen LogP contribution in [-0.2, 0) is 0 Å². The summed E-state index contributed by atoms with van der Waals surface area (Å²) in [6, 6.07) is 9.99. The fraction of sp³-hybridized carbons (Fsp3) is 0.412. The second kappa shape index (κ2) is 6.23. The minimum atomic E-state index is 0.229. The summed E-state index contributed by atoms with van der Waals surface area (Å²) < 4.78 is 0. The molecule has 0 bridgehead atoms. The minimum Gasteiger partial charge on any atom is -0.355 e. The molecule has 5 heteroatoms. The molecule has 1 aliphatic rings. The van der Waals surface area contributed by atoms with Crippen LogP contribution in [0.2, 0.25) is 5.02 Å². The average Bonchev–Trinajstić information content (AvgIpc) is 2.93. The molecule has 0 spiro atoms. The Bertz CT molecular complexity index is 671. The molecule has 1 fully saturated rings. The molecular formula is C17H21ClN4. The fourth-order valence-electron chi connectivity index (χ4n) is 2.66. The van der Waals surface area contributed by atoms with Gasteiger partial charge in [0.15, 0.2) is 5.82 Å². The molecule has 1 unspecified atom stereocenters. The lowest BCUT2D eigenvalue weighted by Crippen LogP contribution is -2.27. The third-order valence-electron chi connectivity index (χ3n) is 3.96. The van der Waals surface area contributed by atoms with E-state index in [1.54, 1.807) is 0 Å². The normalized spacial score (nSPS) is 18.2. The molecule has 116 valence electrons. The Kier molecular flexibility index (Phi) is 4.32. The Hall–Kier alpha value is -1.65. The van der Waals surface area contributed by atoms with Gasteiger partial charge in [0.2, 0.25) is 0 Å². The second-order valence-corrected chi connectivity index (χ2v) is 6.57. The van der Waals surface area contributed by atoms with Crippen molar-refractivity contribution in [3.05, 3.63) is 41.0 Å². The first kappa shape index (κ1) is 15.3. The Morgan fingerprint density at radius 2 is 2.09 bits per heavy atom. The number of rotatable bonds is 3. The number of hydrogen-bond acceptors (Lipinski definition) is 4. The average molecular weight is 317 g/mol. The minimum absolute atomic E-state index is 0.229. The first-order valence-corrected chi connectivity index (χ1v) is 8.06. The summed E-state index contributed by atoms with van der Waals surface area (Å²) in [5.74, 6) is 2.03. The van der Waals surface area contributed by atoms with Crippen LogP contribution in [0.25, 0.3) is 11.4 Å². The van der Waals surface area contributed by atoms with Crippen LogP contribution in [0.5, 0.6) is 0 Å². The first-order valence-electron chi connectivity index (χ1n) is 7.68. The molecule has 1 aromatic carbocycles. The number of anilines is 1. The van der Waals surface area contributed by atoms with E-state index in [2.05, 4.69) is 24.8 Å². The molecular weight excluding hydrogens is 296 g/mol. The molecule has 0 aliphatic carbocycles. The van der Waals surface area contributed by atoms with E-state index in [0.717, 1.165) is 42.4 Å². The van der Waals surface area contributed by atoms with E-state index in [0.29, 0.717) is 10.9 Å². The van der Waals surface area contributed by atoms with Crippen molar-refractivity contribution in [3.63, 3.8) is 0 Å². The summed E-state index contributed by atoms with van der Waals surface area (Å²) in [7, 11) is 0. The molecule has 2 heterocycles. The van der Waals surface area contributed by atoms with Crippen LogP contribution in [0, 0.1) is 0 Å². The maximum atomic E-state index is 6.10. The zero-order chi connectivity index (χ0) is 15.7. The molecule has 1 saturated heterocycles. The SMILES string of the molecule is CC(C)c1cc(N2CCC(N)C2)nc(-c2cccc(Cl)c2)n1. The van der Waals surface area contributed by atoms with Gasteiger partial charge in [0.05, 0.1) is 0 Å². The quantitative estimate of drug-likeness (QED) is 0.942. The number of halogens is 1. The van der Waals surface area contributed by atoms with Crippen LogP contribution < -0.4 is 10.6 Å². The molecule has 4 nitrogen and oxygen atoms in total. The first-order chi connectivity index (χ1) is 10.5. The summed E-state index contributed by atoms with van der Waals surface area (Å²) in [5, 5.41) is 0.695. The molecule has 2 N–H and O–H groups in total. The van der Waals surface area contributed by atoms with Crippen molar-refractivity contribution in [2.75, 3.05) is 18.0 Å². The van der Waals surface area contributed by atoms with E-state index < -0.39 is 0 Å². The van der Waals surface area contributed by atoms with E-state index in [1.807, 2.05) is 24.3 Å². The van der Waals surface area contributed by atoms with Crippen LogP contribution >= 0.6 is 11.6 Å². The highest BCUT2D eigenvalue weighted by Gasteiger charge is 2.22. The Labute approximate surface area is 136 Å². The highest BCUT2D eigenvalue weighted by molar-refractivity contribution is 6.30. The second-order valence-electron chi connectivity index (χ2n) is 6.13. The van der Waals surface area contributed by atoms with Crippen molar-refractivity contribution in [2.45, 2.75) is 32.2 Å². The Morgan fingerprint density at radius 1 is 1.27 bits per heavy atom. The molecule has 1 aromatic heterocycles. The molecule has 0 radical (unpaired) electrons. The zero-order valence-electron chi connectivity index (χ0n) is 13.0. The van der Waals surface area contributed by atoms with Gasteiger partial charge in [-0.2, -0.15) is 0 Å². The van der Waals surface area contributed by atoms with Crippen LogP contribution in [0.1, 0.15) is 31.9 Å². The van der Waals surface area contributed by atoms with Gasteiger partial charge in [-0.1, -0.05) is 37.6 Å². The summed E-state index contributed by atoms with van der Waals surface area (Å²) in [6.45, 7) is 6.08. The predicted molar refractivity (Wildman–Crippen MR) is 91.4 cm³/mol. The number of benzene rings is 1. The van der Waals surface area contributed by atoms with Gasteiger partial charge in [0.1, 0.15) is 5.82 Å². The summed E-state index contributed by atoms with van der Waals surface area (Å²) >= 11 is 6.10. The van der Waals surface area contributed by atoms with Gasteiger partial charge in [0, 0.05) is 41.5 Å². The smallest absolute Gasteiger partial charge is 0.161 e. The molecule has 1 atom stereocenters. The van der Waals surface area contributed by atoms with Gasteiger partial charge >= 0.3 is 0 Å². The number of nitrogens with two attached hydrogens (primary N) is 1. The topological polar surface area (TPSA) is 55.0 Å². The van der Waals surface area contributed by atoms with E-state index in [9.17, 15) is 0 Å². The van der Waals surface area contributed by atoms with Crippen molar-refractivity contribution in [2.24, 2.45) is 5.73 Å². The number of hydrogen-bond donors (Lipinski definition) is 1. The van der Waals surface area contributed by atoms with Crippen molar-refractivity contribution in [1.82, 2.24) is 9.97 Å². The van der Waals surface area contributed by atoms with Gasteiger partial charge in [-0.15, -0.1) is 0 Å². The van der Waals surface area contributed by atoms with Crippen LogP contribution in [0.3, 0.4) is 0 Å². The molecule has 0 saturated carbocycles. The number of nitrogens with zero attached hydrogens (tertiary/aromatic N) is 3. The van der Waals surface area contributed by atoms with Crippen molar-refractivity contribution >= 4 is 17.4 Å². The zero-order valence-corrected chi connectivity index (χ0v) is 13.7. The van der Waals surface area contributed by atoms with E-state index in [1.165, 1.54) is 0 Å². The summed E-state index contributed by atoms with van der Waals surface area (Å²) in [6.07, 6.45) is 1.01. The van der Waals surface area contributed by atoms with Crippen LogP contribution in [0.15, 0.2) is 30.3 Å². The fourth-order valence-corrected chi connectivity index (χ4v) is 2.85. The van der Waals surface area contributed by atoms with Crippen molar-refractivity contribution in [1.29, 1.82) is 0 Å². The van der Waals surface area contributed by atoms with Gasteiger partial charge in [0.25, 0.3) is 0 Å². The van der Waals surface area contributed by atoms with Gasteiger partial charge < -0.3 is 10.6 Å². The van der Waals surface area contributed by atoms with E-state index in [4.69, 9.17) is 27.3 Å². The van der Waals surface area contributed by atoms with Crippen LogP contribution in [-0.4, -0.2) is 29.1 Å². The monoisotopic (exact) mass is 316 g/mol. The molecule has 2 aromatic rings. The molecule has 1 aliphatic heterocycles. The Balaban J connectivity index is 2.04. The highest BCUT2D eigenvalue weighted by atomic mass is 35.5. The number of aromatic nitrogens is 2. The van der Waals surface area contributed by atoms with Crippen molar-refractivity contribution in [3.8, 4) is 11.4 Å². The third kappa shape index (κ3) is 3.23. The van der Waals surface area contributed by atoms with E-state index >= 15 is 0 Å². The maximum Gasteiger partial charge on any atom is 0.161 e. The standard InChI is InChI=1S/C17H21ClN4/c1-11(2)15-9-16(22-7-6-14(19)10-22)21-17(20-15)12-4-3-5-13(18)8-12/h3-5,8-9,11,14H,6-7,10,19H2,1-2H3. The van der Waals surface area contributed by atoms with Crippen molar-refractivity contribution < 1.29 is 0 Å². The summed E-state index contributed by atoms with van der Waals surface area (Å²) in [4.78, 5) is 11.7. The van der Waals surface area contributed by atoms with E-state index in [-0.39, 0.29) is 6.04 Å². The van der Waals surface area contributed by atoms with Gasteiger partial charge in [-0.05, 0) is 24.5 Å². The molecule has 3 rings (SSSR count). The third-order valence-corrected chi connectivity index (χ3v) is 4.19. The van der Waals surface area contributed by atoms with Gasteiger partial charge in [-0.3, -0.25) is 0 Å². The maximum absolute atomic E-state index is 6.10.